The summed E-state index contributed by atoms with van der Waals surface area (Å²) in [4.78, 5) is 28.9. The topological polar surface area (TPSA) is 104 Å². The van der Waals surface area contributed by atoms with Gasteiger partial charge in [-0.1, -0.05) is 6.92 Å². The number of nitro benzene ring substituents is 1. The maximum Gasteiger partial charge on any atom is 0.293 e. The van der Waals surface area contributed by atoms with Gasteiger partial charge in [0, 0.05) is 55.8 Å². The molecule has 1 aromatic heterocycles. The lowest BCUT2D eigenvalue weighted by molar-refractivity contribution is -0.384. The molecular weight excluding hydrogens is 464 g/mol. The van der Waals surface area contributed by atoms with Crippen LogP contribution in [0.2, 0.25) is 0 Å². The first-order valence-corrected chi connectivity index (χ1v) is 13.3. The number of piperidine rings is 1. The normalized spacial score (nSPS) is 18.5. The average molecular weight is 493 g/mol. The Morgan fingerprint density at radius 3 is 2.30 bits per heavy atom. The van der Waals surface area contributed by atoms with Crippen molar-refractivity contribution in [2.45, 2.75) is 30.9 Å². The van der Waals surface area contributed by atoms with Gasteiger partial charge in [0.25, 0.3) is 21.6 Å². The van der Waals surface area contributed by atoms with Crippen LogP contribution in [0, 0.1) is 23.0 Å². The Hall–Kier alpha value is -2.50. The maximum absolute atomic E-state index is 13.1. The molecule has 2 aliphatic rings. The van der Waals surface area contributed by atoms with E-state index in [1.165, 1.54) is 21.7 Å². The Kier molecular flexibility index (Phi) is 6.73. The van der Waals surface area contributed by atoms with Gasteiger partial charge in [-0.2, -0.15) is 4.31 Å². The number of piperazine rings is 1. The van der Waals surface area contributed by atoms with Crippen LogP contribution in [0.15, 0.2) is 34.5 Å². The number of sulfonamides is 1. The highest BCUT2D eigenvalue weighted by atomic mass is 32.2. The van der Waals surface area contributed by atoms with Gasteiger partial charge in [-0.3, -0.25) is 14.9 Å². The number of nitro groups is 1. The molecule has 1 aromatic carbocycles. The van der Waals surface area contributed by atoms with Crippen molar-refractivity contribution < 1.29 is 18.1 Å². The Labute approximate surface area is 197 Å². The molecule has 0 unspecified atom stereocenters. The molecule has 0 saturated carbocycles. The van der Waals surface area contributed by atoms with Crippen molar-refractivity contribution in [3.05, 3.63) is 50.9 Å². The Balaban J connectivity index is 1.46. The number of carbonyl (C=O) groups is 1. The fraction of sp³-hybridized carbons (Fsp3) is 0.500. The van der Waals surface area contributed by atoms with Gasteiger partial charge in [0.15, 0.2) is 0 Å². The van der Waals surface area contributed by atoms with Crippen molar-refractivity contribution in [3.63, 3.8) is 0 Å². The molecule has 9 nitrogen and oxygen atoms in total. The molecule has 11 heteroatoms. The largest absolute Gasteiger partial charge is 0.366 e. The van der Waals surface area contributed by atoms with Crippen LogP contribution in [0.4, 0.5) is 11.4 Å². The fourth-order valence-electron chi connectivity index (χ4n) is 4.31. The highest BCUT2D eigenvalue weighted by molar-refractivity contribution is 7.91. The minimum Gasteiger partial charge on any atom is -0.366 e. The zero-order chi connectivity index (χ0) is 23.8. The predicted molar refractivity (Wildman–Crippen MR) is 127 cm³/mol. The first-order chi connectivity index (χ1) is 15.7. The van der Waals surface area contributed by atoms with Crippen LogP contribution in [0.1, 0.15) is 35.0 Å². The van der Waals surface area contributed by atoms with Crippen LogP contribution in [0.3, 0.4) is 0 Å². The van der Waals surface area contributed by atoms with Gasteiger partial charge in [0.1, 0.15) is 9.90 Å². The van der Waals surface area contributed by atoms with E-state index in [1.807, 2.05) is 11.8 Å². The Bertz CT molecular complexity index is 1150. The van der Waals surface area contributed by atoms with E-state index < -0.39 is 14.9 Å². The fourth-order valence-corrected chi connectivity index (χ4v) is 7.17. The summed E-state index contributed by atoms with van der Waals surface area (Å²) in [6.45, 7) is 6.42. The molecule has 3 heterocycles. The van der Waals surface area contributed by atoms with E-state index in [4.69, 9.17) is 0 Å². The second kappa shape index (κ2) is 9.40. The molecular formula is C22H28N4O5S2. The summed E-state index contributed by atoms with van der Waals surface area (Å²) >= 11 is 1.23. The van der Waals surface area contributed by atoms with Crippen molar-refractivity contribution in [1.82, 2.24) is 9.21 Å². The van der Waals surface area contributed by atoms with Crippen LogP contribution >= 0.6 is 11.3 Å². The number of hydrogen-bond acceptors (Lipinski definition) is 7. The lowest BCUT2D eigenvalue weighted by atomic mass is 9.98. The van der Waals surface area contributed by atoms with Gasteiger partial charge in [-0.15, -0.1) is 11.3 Å². The molecule has 0 aliphatic carbocycles. The quantitative estimate of drug-likeness (QED) is 0.468. The summed E-state index contributed by atoms with van der Waals surface area (Å²) in [6, 6.07) is 8.05. The lowest BCUT2D eigenvalue weighted by Gasteiger charge is -2.34. The highest BCUT2D eigenvalue weighted by Gasteiger charge is 2.32. The number of rotatable bonds is 5. The van der Waals surface area contributed by atoms with E-state index in [9.17, 15) is 23.3 Å². The molecule has 0 N–H and O–H groups in total. The maximum atomic E-state index is 13.1. The van der Waals surface area contributed by atoms with Gasteiger partial charge >= 0.3 is 0 Å². The molecule has 1 amide bonds. The zero-order valence-corrected chi connectivity index (χ0v) is 20.4. The third-order valence-corrected chi connectivity index (χ3v) is 9.75. The molecule has 4 rings (SSSR count). The van der Waals surface area contributed by atoms with E-state index in [2.05, 4.69) is 6.92 Å². The summed E-state index contributed by atoms with van der Waals surface area (Å²) in [5, 5.41) is 11.8. The first kappa shape index (κ1) is 23.7. The Morgan fingerprint density at radius 1 is 1.06 bits per heavy atom. The summed E-state index contributed by atoms with van der Waals surface area (Å²) in [5.74, 6) is 0.286. The molecule has 2 fully saturated rings. The summed E-state index contributed by atoms with van der Waals surface area (Å²) in [6.07, 6.45) is 1.96. The summed E-state index contributed by atoms with van der Waals surface area (Å²) in [7, 11) is -3.58. The number of benzene rings is 1. The molecule has 33 heavy (non-hydrogen) atoms. The van der Waals surface area contributed by atoms with Crippen LogP contribution < -0.4 is 4.90 Å². The van der Waals surface area contributed by atoms with Crippen LogP contribution in [0.5, 0.6) is 0 Å². The number of anilines is 1. The molecule has 2 saturated heterocycles. The van der Waals surface area contributed by atoms with Gasteiger partial charge < -0.3 is 9.80 Å². The number of carbonyl (C=O) groups excluding carboxylic acids is 1. The van der Waals surface area contributed by atoms with Crippen molar-refractivity contribution in [2.75, 3.05) is 44.2 Å². The molecule has 0 radical (unpaired) electrons. The van der Waals surface area contributed by atoms with Gasteiger partial charge in [0.2, 0.25) is 0 Å². The average Bonchev–Trinajstić information content (AvgIpc) is 3.26. The first-order valence-electron chi connectivity index (χ1n) is 11.1. The number of hydrogen-bond donors (Lipinski definition) is 0. The third-order valence-electron chi connectivity index (χ3n) is 6.38. The molecule has 0 bridgehead atoms. The number of amides is 1. The predicted octanol–water partition coefficient (Wildman–Crippen LogP) is 3.35. The van der Waals surface area contributed by atoms with Crippen molar-refractivity contribution >= 4 is 38.6 Å². The van der Waals surface area contributed by atoms with Crippen LogP contribution in [-0.2, 0) is 10.0 Å². The van der Waals surface area contributed by atoms with E-state index in [1.54, 1.807) is 29.2 Å². The zero-order valence-electron chi connectivity index (χ0n) is 18.8. The van der Waals surface area contributed by atoms with E-state index >= 15 is 0 Å². The summed E-state index contributed by atoms with van der Waals surface area (Å²) < 4.78 is 27.4. The summed E-state index contributed by atoms with van der Waals surface area (Å²) in [5.41, 5.74) is 0.733. The lowest BCUT2D eigenvalue weighted by Crippen LogP contribution is -2.50. The third kappa shape index (κ3) is 4.90. The SMILES string of the molecule is Cc1ccc(S(=O)(=O)N2CCN(C(=O)c3ccc(N4CCC(C)CC4)c([N+](=O)[O-])c3)CC2)s1. The monoisotopic (exact) mass is 492 g/mol. The van der Waals surface area contributed by atoms with Crippen molar-refractivity contribution in [2.24, 2.45) is 5.92 Å². The minimum absolute atomic E-state index is 0.0651. The van der Waals surface area contributed by atoms with E-state index in [-0.39, 0.29) is 43.3 Å². The van der Waals surface area contributed by atoms with Crippen molar-refractivity contribution in [1.29, 1.82) is 0 Å². The van der Waals surface area contributed by atoms with Crippen LogP contribution in [-0.4, -0.2) is 67.7 Å². The molecule has 2 aliphatic heterocycles. The number of nitrogens with zero attached hydrogens (tertiary/aromatic N) is 4. The minimum atomic E-state index is -3.58. The second-order valence-corrected chi connectivity index (χ2v) is 12.1. The molecule has 178 valence electrons. The van der Waals surface area contributed by atoms with Crippen LogP contribution in [0.25, 0.3) is 0 Å². The van der Waals surface area contributed by atoms with Gasteiger partial charge in [-0.05, 0) is 49.9 Å². The second-order valence-electron chi connectivity index (χ2n) is 8.69. The van der Waals surface area contributed by atoms with E-state index in [0.717, 1.165) is 30.8 Å². The molecule has 0 atom stereocenters. The molecule has 2 aromatic rings. The standard InChI is InChI=1S/C22H28N4O5S2/c1-16-7-9-23(10-8-16)19-5-4-18(15-20(19)26(28)29)22(27)24-11-13-25(14-12-24)33(30,31)21-6-3-17(2)32-21/h3-6,15-16H,7-14H2,1-2H3. The number of aryl methyl sites for hydroxylation is 1. The Morgan fingerprint density at radius 2 is 1.73 bits per heavy atom. The number of thiophene rings is 1. The van der Waals surface area contributed by atoms with Gasteiger partial charge in [0.05, 0.1) is 4.92 Å². The smallest absolute Gasteiger partial charge is 0.293 e. The highest BCUT2D eigenvalue weighted by Crippen LogP contribution is 2.33. The molecule has 0 spiro atoms. The van der Waals surface area contributed by atoms with Crippen molar-refractivity contribution in [3.8, 4) is 0 Å². The van der Waals surface area contributed by atoms with E-state index in [0.29, 0.717) is 15.8 Å². The van der Waals surface area contributed by atoms with Gasteiger partial charge in [-0.25, -0.2) is 8.42 Å².